The van der Waals surface area contributed by atoms with Crippen LogP contribution in [0.3, 0.4) is 0 Å². The second kappa shape index (κ2) is 8.98. The number of hydrogen-bond acceptors (Lipinski definition) is 3. The molecular weight excluding hydrogens is 329 g/mol. The molecule has 0 aliphatic heterocycles. The Bertz CT molecular complexity index is 660. The third-order valence-electron chi connectivity index (χ3n) is 5.85. The van der Waals surface area contributed by atoms with Crippen molar-refractivity contribution in [1.29, 1.82) is 5.26 Å². The van der Waals surface area contributed by atoms with Crippen molar-refractivity contribution in [2.75, 3.05) is 0 Å². The maximum absolute atomic E-state index is 13.1. The van der Waals surface area contributed by atoms with E-state index in [0.29, 0.717) is 11.8 Å². The summed E-state index contributed by atoms with van der Waals surface area (Å²) in [7, 11) is 0. The molecule has 0 radical (unpaired) electrons. The van der Waals surface area contributed by atoms with Gasteiger partial charge in [0, 0.05) is 6.08 Å². The average Bonchev–Trinajstić information content (AvgIpc) is 2.68. The number of nitriles is 1. The summed E-state index contributed by atoms with van der Waals surface area (Å²) in [6.45, 7) is 0. The summed E-state index contributed by atoms with van der Waals surface area (Å²) in [6.07, 6.45) is 10.9. The number of carbonyl (C=O) groups excluding carboxylic acids is 1. The van der Waals surface area contributed by atoms with Crippen molar-refractivity contribution in [3.05, 3.63) is 47.8 Å². The number of benzene rings is 1. The van der Waals surface area contributed by atoms with Gasteiger partial charge in [-0.15, -0.1) is 0 Å². The average molecular weight is 355 g/mol. The van der Waals surface area contributed by atoms with Gasteiger partial charge in [0.05, 0.1) is 12.0 Å². The van der Waals surface area contributed by atoms with Gasteiger partial charge in [-0.3, -0.25) is 4.79 Å². The van der Waals surface area contributed by atoms with E-state index in [1.54, 1.807) is 6.08 Å². The quantitative estimate of drug-likeness (QED) is 0.545. The standard InChI is InChI=1S/C22H26FNO2/c23-20-11-9-18(10-12-20)17-5-7-19(8-6-17)22(25)26-21-13-3-16(4-14-21)2-1-15-24/h1-2,9-12,16-17,19,21H,3-8,13-14H2. The molecule has 3 nitrogen and oxygen atoms in total. The van der Waals surface area contributed by atoms with Crippen molar-refractivity contribution >= 4 is 5.97 Å². The molecular formula is C22H26FNO2. The van der Waals surface area contributed by atoms with Gasteiger partial charge in [-0.1, -0.05) is 18.2 Å². The van der Waals surface area contributed by atoms with Crippen molar-refractivity contribution in [2.45, 2.75) is 63.4 Å². The van der Waals surface area contributed by atoms with E-state index < -0.39 is 0 Å². The Morgan fingerprint density at radius 1 is 1.04 bits per heavy atom. The maximum atomic E-state index is 13.1. The molecule has 26 heavy (non-hydrogen) atoms. The van der Waals surface area contributed by atoms with Crippen LogP contribution in [-0.2, 0) is 9.53 Å². The number of halogens is 1. The molecule has 2 aliphatic rings. The zero-order chi connectivity index (χ0) is 18.4. The van der Waals surface area contributed by atoms with Gasteiger partial charge in [0.1, 0.15) is 11.9 Å². The fraction of sp³-hybridized carbons (Fsp3) is 0.545. The van der Waals surface area contributed by atoms with Crippen LogP contribution in [-0.4, -0.2) is 12.1 Å². The third kappa shape index (κ3) is 4.94. The predicted octanol–water partition coefficient (Wildman–Crippen LogP) is 5.28. The number of nitrogens with zero attached hydrogens (tertiary/aromatic N) is 1. The maximum Gasteiger partial charge on any atom is 0.309 e. The van der Waals surface area contributed by atoms with Gasteiger partial charge >= 0.3 is 5.97 Å². The number of esters is 1. The van der Waals surface area contributed by atoms with E-state index in [1.165, 1.54) is 17.7 Å². The van der Waals surface area contributed by atoms with Gasteiger partial charge in [-0.2, -0.15) is 5.26 Å². The normalized spacial score (nSPS) is 29.2. The molecule has 0 bridgehead atoms. The molecule has 4 heteroatoms. The first kappa shape index (κ1) is 18.6. The van der Waals surface area contributed by atoms with Gasteiger partial charge in [0.2, 0.25) is 0 Å². The lowest BCUT2D eigenvalue weighted by Crippen LogP contribution is -2.29. The first-order valence-corrected chi connectivity index (χ1v) is 9.68. The van der Waals surface area contributed by atoms with Gasteiger partial charge in [0.15, 0.2) is 0 Å². The molecule has 1 aromatic carbocycles. The largest absolute Gasteiger partial charge is 0.462 e. The Morgan fingerprint density at radius 2 is 1.69 bits per heavy atom. The summed E-state index contributed by atoms with van der Waals surface area (Å²) in [5.74, 6) is 0.614. The van der Waals surface area contributed by atoms with E-state index in [9.17, 15) is 9.18 Å². The Kier molecular flexibility index (Phi) is 6.44. The highest BCUT2D eigenvalue weighted by Crippen LogP contribution is 2.37. The number of allylic oxidation sites excluding steroid dienone is 2. The van der Waals surface area contributed by atoms with E-state index in [-0.39, 0.29) is 23.8 Å². The van der Waals surface area contributed by atoms with E-state index in [4.69, 9.17) is 10.00 Å². The molecule has 0 heterocycles. The molecule has 0 amide bonds. The van der Waals surface area contributed by atoms with Gasteiger partial charge < -0.3 is 4.74 Å². The molecule has 0 N–H and O–H groups in total. The molecule has 0 spiro atoms. The smallest absolute Gasteiger partial charge is 0.309 e. The fourth-order valence-corrected chi connectivity index (χ4v) is 4.24. The van der Waals surface area contributed by atoms with Crippen LogP contribution >= 0.6 is 0 Å². The summed E-state index contributed by atoms with van der Waals surface area (Å²) in [6, 6.07) is 8.78. The van der Waals surface area contributed by atoms with E-state index >= 15 is 0 Å². The number of rotatable bonds is 4. The van der Waals surface area contributed by atoms with Crippen molar-refractivity contribution in [1.82, 2.24) is 0 Å². The Labute approximate surface area is 154 Å². The first-order valence-electron chi connectivity index (χ1n) is 9.68. The number of carbonyl (C=O) groups is 1. The molecule has 3 rings (SSSR count). The topological polar surface area (TPSA) is 50.1 Å². The lowest BCUT2D eigenvalue weighted by Gasteiger charge is -2.31. The zero-order valence-electron chi connectivity index (χ0n) is 15.1. The van der Waals surface area contributed by atoms with Crippen LogP contribution in [0.5, 0.6) is 0 Å². The SMILES string of the molecule is N#CC=CC1CCC(OC(=O)C2CCC(c3ccc(F)cc3)CC2)CC1. The van der Waals surface area contributed by atoms with Crippen LogP contribution in [0.4, 0.5) is 4.39 Å². The van der Waals surface area contributed by atoms with Crippen molar-refractivity contribution < 1.29 is 13.9 Å². The van der Waals surface area contributed by atoms with Crippen molar-refractivity contribution in [2.24, 2.45) is 11.8 Å². The predicted molar refractivity (Wildman–Crippen MR) is 97.7 cm³/mol. The second-order valence-corrected chi connectivity index (χ2v) is 7.56. The van der Waals surface area contributed by atoms with Crippen LogP contribution in [0.2, 0.25) is 0 Å². The molecule has 2 saturated carbocycles. The molecule has 2 fully saturated rings. The Hall–Kier alpha value is -2.15. The number of hydrogen-bond donors (Lipinski definition) is 0. The summed E-state index contributed by atoms with van der Waals surface area (Å²) in [5.41, 5.74) is 1.17. The molecule has 0 atom stereocenters. The van der Waals surface area contributed by atoms with Crippen LogP contribution < -0.4 is 0 Å². The summed E-state index contributed by atoms with van der Waals surface area (Å²) < 4.78 is 18.8. The van der Waals surface area contributed by atoms with Crippen LogP contribution in [0.1, 0.15) is 62.8 Å². The van der Waals surface area contributed by atoms with Crippen LogP contribution in [0, 0.1) is 29.0 Å². The Balaban J connectivity index is 1.42. The van der Waals surface area contributed by atoms with Gasteiger partial charge in [-0.25, -0.2) is 4.39 Å². The van der Waals surface area contributed by atoms with Crippen molar-refractivity contribution in [3.8, 4) is 6.07 Å². The van der Waals surface area contributed by atoms with Gasteiger partial charge in [0.25, 0.3) is 0 Å². The monoisotopic (exact) mass is 355 g/mol. The minimum absolute atomic E-state index is 0.00269. The van der Waals surface area contributed by atoms with Gasteiger partial charge in [-0.05, 0) is 80.9 Å². The second-order valence-electron chi connectivity index (χ2n) is 7.56. The highest BCUT2D eigenvalue weighted by atomic mass is 19.1. The summed E-state index contributed by atoms with van der Waals surface area (Å²) in [5, 5.41) is 8.59. The third-order valence-corrected chi connectivity index (χ3v) is 5.85. The summed E-state index contributed by atoms with van der Waals surface area (Å²) in [4.78, 5) is 12.5. The lowest BCUT2D eigenvalue weighted by molar-refractivity contribution is -0.157. The van der Waals surface area contributed by atoms with Crippen LogP contribution in [0.25, 0.3) is 0 Å². The van der Waals surface area contributed by atoms with Crippen molar-refractivity contribution in [3.63, 3.8) is 0 Å². The highest BCUT2D eigenvalue weighted by molar-refractivity contribution is 5.72. The molecule has 0 saturated heterocycles. The van der Waals surface area contributed by atoms with E-state index in [1.807, 2.05) is 24.3 Å². The highest BCUT2D eigenvalue weighted by Gasteiger charge is 2.30. The Morgan fingerprint density at radius 3 is 2.31 bits per heavy atom. The summed E-state index contributed by atoms with van der Waals surface area (Å²) >= 11 is 0. The lowest BCUT2D eigenvalue weighted by atomic mass is 9.78. The fourth-order valence-electron chi connectivity index (χ4n) is 4.24. The minimum Gasteiger partial charge on any atom is -0.462 e. The first-order chi connectivity index (χ1) is 12.7. The minimum atomic E-state index is -0.205. The molecule has 138 valence electrons. The molecule has 0 aromatic heterocycles. The molecule has 1 aromatic rings. The van der Waals surface area contributed by atoms with E-state index in [2.05, 4.69) is 0 Å². The zero-order valence-corrected chi connectivity index (χ0v) is 15.1. The number of ether oxygens (including phenoxy) is 1. The van der Waals surface area contributed by atoms with Crippen LogP contribution in [0.15, 0.2) is 36.4 Å². The molecule has 0 unspecified atom stereocenters. The molecule has 2 aliphatic carbocycles. The van der Waals surface area contributed by atoms with E-state index in [0.717, 1.165) is 51.4 Å².